The van der Waals surface area contributed by atoms with Gasteiger partial charge in [0.05, 0.1) is 10.7 Å². The zero-order valence-electron chi connectivity index (χ0n) is 12.1. The summed E-state index contributed by atoms with van der Waals surface area (Å²) in [6.45, 7) is 1.52. The molecule has 0 bridgehead atoms. The van der Waals surface area contributed by atoms with E-state index in [-0.39, 0.29) is 5.91 Å². The Morgan fingerprint density at radius 2 is 1.95 bits per heavy atom. The SMILES string of the molecule is CC(=O)Nc1ccccc1Cc1nc(-c2ccncc2)cs1. The maximum Gasteiger partial charge on any atom is 0.221 e. The minimum absolute atomic E-state index is 0.0657. The Labute approximate surface area is 132 Å². The number of nitrogens with one attached hydrogen (secondary N) is 1. The van der Waals surface area contributed by atoms with Gasteiger partial charge in [0.1, 0.15) is 0 Å². The van der Waals surface area contributed by atoms with Crippen molar-refractivity contribution < 1.29 is 4.79 Å². The molecule has 0 fully saturated rings. The Bertz CT molecular complexity index is 783. The number of hydrogen-bond donors (Lipinski definition) is 1. The third-order valence-electron chi connectivity index (χ3n) is 3.20. The lowest BCUT2D eigenvalue weighted by atomic mass is 10.1. The van der Waals surface area contributed by atoms with Gasteiger partial charge in [0.15, 0.2) is 0 Å². The molecule has 0 unspecified atom stereocenters. The van der Waals surface area contributed by atoms with Gasteiger partial charge < -0.3 is 5.32 Å². The summed E-state index contributed by atoms with van der Waals surface area (Å²) in [5.74, 6) is -0.0657. The highest BCUT2D eigenvalue weighted by Crippen LogP contribution is 2.25. The third-order valence-corrected chi connectivity index (χ3v) is 4.05. The number of benzene rings is 1. The van der Waals surface area contributed by atoms with Gasteiger partial charge in [-0.05, 0) is 23.8 Å². The molecule has 0 saturated heterocycles. The summed E-state index contributed by atoms with van der Waals surface area (Å²) in [4.78, 5) is 20.0. The van der Waals surface area contributed by atoms with Crippen LogP contribution in [0.1, 0.15) is 17.5 Å². The molecule has 4 nitrogen and oxygen atoms in total. The molecule has 5 heteroatoms. The van der Waals surface area contributed by atoms with Crippen LogP contribution in [0.5, 0.6) is 0 Å². The lowest BCUT2D eigenvalue weighted by Gasteiger charge is -2.08. The monoisotopic (exact) mass is 309 g/mol. The molecule has 2 heterocycles. The van der Waals surface area contributed by atoms with E-state index >= 15 is 0 Å². The van der Waals surface area contributed by atoms with Crippen molar-refractivity contribution in [2.24, 2.45) is 0 Å². The molecule has 0 radical (unpaired) electrons. The molecule has 0 atom stereocenters. The van der Waals surface area contributed by atoms with Gasteiger partial charge in [0, 0.05) is 42.4 Å². The van der Waals surface area contributed by atoms with Crippen molar-refractivity contribution >= 4 is 22.9 Å². The summed E-state index contributed by atoms with van der Waals surface area (Å²) in [6.07, 6.45) is 4.23. The normalized spacial score (nSPS) is 10.4. The van der Waals surface area contributed by atoms with E-state index in [1.165, 1.54) is 6.92 Å². The average Bonchev–Trinajstić information content (AvgIpc) is 2.98. The molecule has 0 aliphatic rings. The fourth-order valence-corrected chi connectivity index (χ4v) is 3.02. The Balaban J connectivity index is 1.83. The second-order valence-corrected chi connectivity index (χ2v) is 5.82. The number of aromatic nitrogens is 2. The van der Waals surface area contributed by atoms with E-state index in [4.69, 9.17) is 0 Å². The number of rotatable bonds is 4. The summed E-state index contributed by atoms with van der Waals surface area (Å²) < 4.78 is 0. The van der Waals surface area contributed by atoms with E-state index in [0.29, 0.717) is 6.42 Å². The summed E-state index contributed by atoms with van der Waals surface area (Å²) in [7, 11) is 0. The maximum absolute atomic E-state index is 11.3. The molecule has 0 aliphatic carbocycles. The molecule has 3 rings (SSSR count). The second-order valence-electron chi connectivity index (χ2n) is 4.88. The number of carbonyl (C=O) groups excluding carboxylic acids is 1. The van der Waals surface area contributed by atoms with E-state index in [1.54, 1.807) is 23.7 Å². The van der Waals surface area contributed by atoms with Gasteiger partial charge in [0.2, 0.25) is 5.91 Å². The van der Waals surface area contributed by atoms with Crippen LogP contribution in [0.3, 0.4) is 0 Å². The van der Waals surface area contributed by atoms with Crippen molar-refractivity contribution in [2.45, 2.75) is 13.3 Å². The van der Waals surface area contributed by atoms with Crippen LogP contribution in [0.15, 0.2) is 54.2 Å². The number of thiazole rings is 1. The van der Waals surface area contributed by atoms with Gasteiger partial charge in [-0.25, -0.2) is 4.98 Å². The highest BCUT2D eigenvalue weighted by Gasteiger charge is 2.08. The molecule has 1 amide bonds. The molecule has 0 spiro atoms. The molecular weight excluding hydrogens is 294 g/mol. The Morgan fingerprint density at radius 1 is 1.18 bits per heavy atom. The second kappa shape index (κ2) is 6.49. The Morgan fingerprint density at radius 3 is 2.73 bits per heavy atom. The zero-order chi connectivity index (χ0) is 15.4. The van der Waals surface area contributed by atoms with E-state index in [9.17, 15) is 4.79 Å². The molecule has 3 aromatic rings. The van der Waals surface area contributed by atoms with Crippen LogP contribution in [0, 0.1) is 0 Å². The fourth-order valence-electron chi connectivity index (χ4n) is 2.20. The molecule has 110 valence electrons. The van der Waals surface area contributed by atoms with Crippen molar-refractivity contribution in [1.29, 1.82) is 0 Å². The van der Waals surface area contributed by atoms with Crippen molar-refractivity contribution in [1.82, 2.24) is 9.97 Å². The Hall–Kier alpha value is -2.53. The first-order valence-electron chi connectivity index (χ1n) is 6.92. The van der Waals surface area contributed by atoms with Crippen molar-refractivity contribution in [3.8, 4) is 11.3 Å². The summed E-state index contributed by atoms with van der Waals surface area (Å²) in [5.41, 5.74) is 3.93. The van der Waals surface area contributed by atoms with E-state index < -0.39 is 0 Å². The van der Waals surface area contributed by atoms with Crippen LogP contribution in [0.25, 0.3) is 11.3 Å². The quantitative estimate of drug-likeness (QED) is 0.798. The fraction of sp³-hybridized carbons (Fsp3) is 0.118. The molecule has 1 aromatic carbocycles. The number of carbonyl (C=O) groups is 1. The lowest BCUT2D eigenvalue weighted by Crippen LogP contribution is -2.08. The number of pyridine rings is 1. The zero-order valence-corrected chi connectivity index (χ0v) is 12.9. The first-order valence-corrected chi connectivity index (χ1v) is 7.80. The van der Waals surface area contributed by atoms with Crippen LogP contribution < -0.4 is 5.32 Å². The van der Waals surface area contributed by atoms with Crippen molar-refractivity contribution in [3.63, 3.8) is 0 Å². The van der Waals surface area contributed by atoms with Crippen molar-refractivity contribution in [3.05, 3.63) is 64.7 Å². The average molecular weight is 309 g/mol. The van der Waals surface area contributed by atoms with Crippen LogP contribution in [0.2, 0.25) is 0 Å². The standard InChI is InChI=1S/C17H15N3OS/c1-12(21)19-15-5-3-2-4-14(15)10-17-20-16(11-22-17)13-6-8-18-9-7-13/h2-9,11H,10H2,1H3,(H,19,21). The van der Waals surface area contributed by atoms with Crippen molar-refractivity contribution in [2.75, 3.05) is 5.32 Å². The van der Waals surface area contributed by atoms with Gasteiger partial charge in [-0.2, -0.15) is 0 Å². The lowest BCUT2D eigenvalue weighted by molar-refractivity contribution is -0.114. The Kier molecular flexibility index (Phi) is 4.25. The molecule has 0 aliphatic heterocycles. The van der Waals surface area contributed by atoms with Gasteiger partial charge in [-0.1, -0.05) is 18.2 Å². The number of hydrogen-bond acceptors (Lipinski definition) is 4. The van der Waals surface area contributed by atoms with E-state index in [1.807, 2.05) is 41.8 Å². The van der Waals surface area contributed by atoms with Gasteiger partial charge in [-0.15, -0.1) is 11.3 Å². The molecule has 0 saturated carbocycles. The first-order chi connectivity index (χ1) is 10.7. The highest BCUT2D eigenvalue weighted by atomic mass is 32.1. The van der Waals surface area contributed by atoms with Crippen LogP contribution in [-0.2, 0) is 11.2 Å². The minimum atomic E-state index is -0.0657. The van der Waals surface area contributed by atoms with Crippen LogP contribution in [-0.4, -0.2) is 15.9 Å². The molecule has 22 heavy (non-hydrogen) atoms. The number of anilines is 1. The van der Waals surface area contributed by atoms with Gasteiger partial charge in [-0.3, -0.25) is 9.78 Å². The topological polar surface area (TPSA) is 54.9 Å². The largest absolute Gasteiger partial charge is 0.326 e. The molecule has 2 aromatic heterocycles. The van der Waals surface area contributed by atoms with E-state index in [2.05, 4.69) is 15.3 Å². The summed E-state index contributed by atoms with van der Waals surface area (Å²) in [6, 6.07) is 11.7. The van der Waals surface area contributed by atoms with Gasteiger partial charge >= 0.3 is 0 Å². The summed E-state index contributed by atoms with van der Waals surface area (Å²) in [5, 5.41) is 5.93. The third kappa shape index (κ3) is 3.38. The number of amides is 1. The minimum Gasteiger partial charge on any atom is -0.326 e. The number of para-hydroxylation sites is 1. The highest BCUT2D eigenvalue weighted by molar-refractivity contribution is 7.10. The molecule has 1 N–H and O–H groups in total. The van der Waals surface area contributed by atoms with Crippen LogP contribution >= 0.6 is 11.3 Å². The summed E-state index contributed by atoms with van der Waals surface area (Å²) >= 11 is 1.62. The van der Waals surface area contributed by atoms with Gasteiger partial charge in [0.25, 0.3) is 0 Å². The van der Waals surface area contributed by atoms with E-state index in [0.717, 1.165) is 27.5 Å². The number of nitrogens with zero attached hydrogens (tertiary/aromatic N) is 2. The molecular formula is C17H15N3OS. The maximum atomic E-state index is 11.3. The predicted octanol–water partition coefficient (Wildman–Crippen LogP) is 3.75. The van der Waals surface area contributed by atoms with Crippen LogP contribution in [0.4, 0.5) is 5.69 Å². The predicted molar refractivity (Wildman–Crippen MR) is 88.9 cm³/mol. The smallest absolute Gasteiger partial charge is 0.221 e. The first kappa shape index (κ1) is 14.4.